The van der Waals surface area contributed by atoms with Crippen LogP contribution in [-0.2, 0) is 9.59 Å². The van der Waals surface area contributed by atoms with Crippen LogP contribution < -0.4 is 10.6 Å². The number of hydrogen-bond acceptors (Lipinski definition) is 5. The molecule has 3 aromatic rings. The number of hydrogen-bond donors (Lipinski definition) is 2. The second kappa shape index (κ2) is 9.27. The van der Waals surface area contributed by atoms with Gasteiger partial charge in [-0.05, 0) is 47.4 Å². The number of nitrogens with one attached hydrogen (secondary N) is 2. The molecule has 0 unspecified atom stereocenters. The zero-order valence-electron chi connectivity index (χ0n) is 16.0. The number of amides is 2. The fourth-order valence-electron chi connectivity index (χ4n) is 2.37. The Hall–Kier alpha value is -4.00. The van der Waals surface area contributed by atoms with Crippen LogP contribution in [0.1, 0.15) is 22.3 Å². The maximum Gasteiger partial charge on any atom is 0.249 e. The third-order valence-corrected chi connectivity index (χ3v) is 3.98. The molecule has 2 amide bonds. The SMILES string of the molecule is Cc1ccc(/C=C/C(=O)Nc2nonc2NC(=O)/C=C/c2ccc(C)cc2)cc1. The first kappa shape index (κ1) is 19.8. The molecule has 7 heteroatoms. The molecule has 0 atom stereocenters. The average molecular weight is 388 g/mol. The smallest absolute Gasteiger partial charge is 0.249 e. The van der Waals surface area contributed by atoms with Crippen LogP contribution >= 0.6 is 0 Å². The van der Waals surface area contributed by atoms with E-state index in [0.29, 0.717) is 0 Å². The summed E-state index contributed by atoms with van der Waals surface area (Å²) in [5, 5.41) is 12.3. The van der Waals surface area contributed by atoms with Crippen LogP contribution in [0.4, 0.5) is 11.6 Å². The Labute approximate surface area is 168 Å². The molecule has 1 aromatic heterocycles. The molecule has 0 aliphatic heterocycles. The number of rotatable bonds is 6. The van der Waals surface area contributed by atoms with Crippen LogP contribution in [-0.4, -0.2) is 22.1 Å². The number of nitrogens with zero attached hydrogens (tertiary/aromatic N) is 2. The number of carbonyl (C=O) groups is 2. The summed E-state index contributed by atoms with van der Waals surface area (Å²) in [5.41, 5.74) is 4.05. The molecule has 0 bridgehead atoms. The molecule has 1 heterocycles. The predicted octanol–water partition coefficient (Wildman–Crippen LogP) is 3.99. The van der Waals surface area contributed by atoms with Crippen molar-refractivity contribution in [1.29, 1.82) is 0 Å². The van der Waals surface area contributed by atoms with Crippen molar-refractivity contribution in [3.63, 3.8) is 0 Å². The Morgan fingerprint density at radius 3 is 1.48 bits per heavy atom. The van der Waals surface area contributed by atoms with Crippen LogP contribution in [0.5, 0.6) is 0 Å². The Bertz CT molecular complexity index is 964. The van der Waals surface area contributed by atoms with Crippen molar-refractivity contribution < 1.29 is 14.2 Å². The van der Waals surface area contributed by atoms with Crippen molar-refractivity contribution in [1.82, 2.24) is 10.3 Å². The van der Waals surface area contributed by atoms with Gasteiger partial charge in [0, 0.05) is 12.2 Å². The van der Waals surface area contributed by atoms with Gasteiger partial charge < -0.3 is 10.6 Å². The summed E-state index contributed by atoms with van der Waals surface area (Å²) in [6.45, 7) is 3.98. The number of carbonyl (C=O) groups excluding carboxylic acids is 2. The molecule has 0 radical (unpaired) electrons. The van der Waals surface area contributed by atoms with Gasteiger partial charge in [0.25, 0.3) is 0 Å². The fourth-order valence-corrected chi connectivity index (χ4v) is 2.37. The van der Waals surface area contributed by atoms with Gasteiger partial charge in [0.2, 0.25) is 23.5 Å². The number of aryl methyl sites for hydroxylation is 2. The van der Waals surface area contributed by atoms with Crippen LogP contribution in [0.25, 0.3) is 12.2 Å². The molecule has 29 heavy (non-hydrogen) atoms. The lowest BCUT2D eigenvalue weighted by atomic mass is 10.1. The topological polar surface area (TPSA) is 97.1 Å². The van der Waals surface area contributed by atoms with E-state index in [9.17, 15) is 9.59 Å². The molecule has 146 valence electrons. The first-order chi connectivity index (χ1) is 14.0. The quantitative estimate of drug-likeness (QED) is 0.622. The Balaban J connectivity index is 1.58. The molecule has 0 aliphatic rings. The van der Waals surface area contributed by atoms with Crippen LogP contribution in [0.2, 0.25) is 0 Å². The fraction of sp³-hybridized carbons (Fsp3) is 0.0909. The molecule has 0 spiro atoms. The maximum atomic E-state index is 12.1. The van der Waals surface area contributed by atoms with Crippen molar-refractivity contribution in [2.24, 2.45) is 0 Å². The Kier molecular flexibility index (Phi) is 6.32. The summed E-state index contributed by atoms with van der Waals surface area (Å²) >= 11 is 0. The van der Waals surface area contributed by atoms with Gasteiger partial charge in [-0.1, -0.05) is 59.7 Å². The molecular weight excluding hydrogens is 368 g/mol. The summed E-state index contributed by atoms with van der Waals surface area (Å²) in [6.07, 6.45) is 6.07. The number of anilines is 2. The van der Waals surface area contributed by atoms with Crippen molar-refractivity contribution in [2.45, 2.75) is 13.8 Å². The third-order valence-electron chi connectivity index (χ3n) is 3.98. The van der Waals surface area contributed by atoms with E-state index in [1.807, 2.05) is 62.4 Å². The van der Waals surface area contributed by atoms with Gasteiger partial charge in [-0.25, -0.2) is 4.63 Å². The number of benzene rings is 2. The third kappa shape index (κ3) is 6.00. The lowest BCUT2D eigenvalue weighted by molar-refractivity contribution is -0.112. The van der Waals surface area contributed by atoms with E-state index in [1.54, 1.807) is 12.2 Å². The van der Waals surface area contributed by atoms with E-state index >= 15 is 0 Å². The largest absolute Gasteiger partial charge is 0.301 e. The highest BCUT2D eigenvalue weighted by Crippen LogP contribution is 2.16. The Morgan fingerprint density at radius 2 is 1.10 bits per heavy atom. The normalized spacial score (nSPS) is 11.1. The van der Waals surface area contributed by atoms with Crippen molar-refractivity contribution in [3.05, 3.63) is 82.9 Å². The summed E-state index contributed by atoms with van der Waals surface area (Å²) in [6, 6.07) is 15.4. The van der Waals surface area contributed by atoms with E-state index in [4.69, 9.17) is 0 Å². The summed E-state index contributed by atoms with van der Waals surface area (Å²) in [5.74, 6) is -0.791. The second-order valence-electron chi connectivity index (χ2n) is 6.43. The number of aromatic nitrogens is 2. The van der Waals surface area contributed by atoms with Gasteiger partial charge in [0.1, 0.15) is 0 Å². The van der Waals surface area contributed by atoms with Crippen LogP contribution in [0.3, 0.4) is 0 Å². The van der Waals surface area contributed by atoms with Gasteiger partial charge in [-0.3, -0.25) is 9.59 Å². The first-order valence-electron chi connectivity index (χ1n) is 8.93. The van der Waals surface area contributed by atoms with Crippen molar-refractivity contribution in [2.75, 3.05) is 10.6 Å². The summed E-state index contributed by atoms with van der Waals surface area (Å²) in [4.78, 5) is 24.2. The monoisotopic (exact) mass is 388 g/mol. The molecule has 0 saturated heterocycles. The Morgan fingerprint density at radius 1 is 0.724 bits per heavy atom. The van der Waals surface area contributed by atoms with Crippen LogP contribution in [0, 0.1) is 13.8 Å². The summed E-state index contributed by atoms with van der Waals surface area (Å²) in [7, 11) is 0. The van der Waals surface area contributed by atoms with Crippen LogP contribution in [0.15, 0.2) is 65.3 Å². The standard InChI is InChI=1S/C22H20N4O3/c1-15-3-7-17(8-4-15)11-13-19(27)23-21-22(26-29-25-21)24-20(28)14-12-18-9-5-16(2)6-10-18/h3-14H,1-2H3,(H,23,25,27)(H,24,26,28)/b13-11+,14-12+. The van der Waals surface area contributed by atoms with E-state index < -0.39 is 11.8 Å². The van der Waals surface area contributed by atoms with E-state index in [0.717, 1.165) is 22.3 Å². The molecule has 7 nitrogen and oxygen atoms in total. The minimum atomic E-state index is -0.424. The molecule has 3 rings (SSSR count). The van der Waals surface area contributed by atoms with Gasteiger partial charge >= 0.3 is 0 Å². The zero-order valence-corrected chi connectivity index (χ0v) is 16.0. The van der Waals surface area contributed by atoms with Crippen molar-refractivity contribution >= 4 is 35.6 Å². The average Bonchev–Trinajstić information content (AvgIpc) is 3.13. The van der Waals surface area contributed by atoms with E-state index in [2.05, 4.69) is 25.6 Å². The van der Waals surface area contributed by atoms with Gasteiger partial charge in [0.15, 0.2) is 0 Å². The minimum absolute atomic E-state index is 0.0284. The lowest BCUT2D eigenvalue weighted by Gasteiger charge is -2.01. The van der Waals surface area contributed by atoms with Gasteiger partial charge in [-0.2, -0.15) is 0 Å². The molecule has 0 aliphatic carbocycles. The van der Waals surface area contributed by atoms with Gasteiger partial charge in [-0.15, -0.1) is 0 Å². The van der Waals surface area contributed by atoms with Crippen molar-refractivity contribution in [3.8, 4) is 0 Å². The zero-order chi connectivity index (χ0) is 20.6. The lowest BCUT2D eigenvalue weighted by Crippen LogP contribution is -2.13. The predicted molar refractivity (Wildman–Crippen MR) is 112 cm³/mol. The molecule has 2 aromatic carbocycles. The first-order valence-corrected chi connectivity index (χ1v) is 8.93. The maximum absolute atomic E-state index is 12.1. The second-order valence-corrected chi connectivity index (χ2v) is 6.43. The van der Waals surface area contributed by atoms with Gasteiger partial charge in [0.05, 0.1) is 0 Å². The summed E-state index contributed by atoms with van der Waals surface area (Å²) < 4.78 is 4.62. The molecule has 0 fully saturated rings. The molecular formula is C22H20N4O3. The molecule has 0 saturated carbocycles. The highest BCUT2D eigenvalue weighted by Gasteiger charge is 2.13. The molecule has 2 N–H and O–H groups in total. The van der Waals surface area contributed by atoms with E-state index in [1.165, 1.54) is 12.2 Å². The van der Waals surface area contributed by atoms with E-state index in [-0.39, 0.29) is 11.6 Å². The minimum Gasteiger partial charge on any atom is -0.301 e. The highest BCUT2D eigenvalue weighted by molar-refractivity contribution is 6.06. The highest BCUT2D eigenvalue weighted by atomic mass is 16.6.